The van der Waals surface area contributed by atoms with Gasteiger partial charge in [-0.25, -0.2) is 0 Å². The molecule has 2 nitrogen and oxygen atoms in total. The van der Waals surface area contributed by atoms with Crippen LogP contribution in [0.5, 0.6) is 0 Å². The molecule has 2 rings (SSSR count). The van der Waals surface area contributed by atoms with E-state index >= 15 is 0 Å². The highest BCUT2D eigenvalue weighted by molar-refractivity contribution is 7.99. The van der Waals surface area contributed by atoms with Gasteiger partial charge in [-0.05, 0) is 36.8 Å². The number of nitrogens with one attached hydrogen (secondary N) is 1. The fourth-order valence-corrected chi connectivity index (χ4v) is 3.66. The first kappa shape index (κ1) is 15.9. The predicted molar refractivity (Wildman–Crippen MR) is 90.6 cm³/mol. The Kier molecular flexibility index (Phi) is 6.91. The van der Waals surface area contributed by atoms with Crippen LogP contribution < -0.4 is 5.32 Å². The van der Waals surface area contributed by atoms with Gasteiger partial charge in [-0.3, -0.25) is 4.90 Å². The highest BCUT2D eigenvalue weighted by Crippen LogP contribution is 2.14. The molecule has 2 atom stereocenters. The molecule has 0 amide bonds. The molecule has 0 saturated carbocycles. The normalized spacial score (nSPS) is 21.8. The third-order valence-electron chi connectivity index (χ3n) is 4.12. The van der Waals surface area contributed by atoms with Crippen molar-refractivity contribution in [2.75, 3.05) is 31.1 Å². The molecule has 0 bridgehead atoms. The van der Waals surface area contributed by atoms with Crippen LogP contribution in [0.25, 0.3) is 0 Å². The lowest BCUT2D eigenvalue weighted by Gasteiger charge is -2.37. The molecule has 1 N–H and O–H groups in total. The monoisotopic (exact) mass is 292 g/mol. The summed E-state index contributed by atoms with van der Waals surface area (Å²) in [4.78, 5) is 2.67. The third kappa shape index (κ3) is 5.12. The van der Waals surface area contributed by atoms with Crippen molar-refractivity contribution in [3.63, 3.8) is 0 Å². The van der Waals surface area contributed by atoms with Crippen molar-refractivity contribution >= 4 is 11.8 Å². The van der Waals surface area contributed by atoms with E-state index in [9.17, 15) is 0 Å². The lowest BCUT2D eigenvalue weighted by Crippen LogP contribution is -2.54. The van der Waals surface area contributed by atoms with Gasteiger partial charge in [0.15, 0.2) is 0 Å². The highest BCUT2D eigenvalue weighted by atomic mass is 32.2. The van der Waals surface area contributed by atoms with Crippen LogP contribution in [-0.4, -0.2) is 48.1 Å². The van der Waals surface area contributed by atoms with Crippen molar-refractivity contribution in [3.05, 3.63) is 35.9 Å². The minimum atomic E-state index is 0.604. The van der Waals surface area contributed by atoms with Gasteiger partial charge in [-0.1, -0.05) is 37.3 Å². The first-order valence-electron chi connectivity index (χ1n) is 7.88. The predicted octanol–water partition coefficient (Wildman–Crippen LogP) is 3.03. The average molecular weight is 292 g/mol. The maximum Gasteiger partial charge on any atom is 0.0236 e. The highest BCUT2D eigenvalue weighted by Gasteiger charge is 2.22. The van der Waals surface area contributed by atoms with Crippen molar-refractivity contribution in [3.8, 4) is 0 Å². The van der Waals surface area contributed by atoms with E-state index in [1.165, 1.54) is 36.6 Å². The molecule has 1 saturated heterocycles. The molecule has 0 spiro atoms. The van der Waals surface area contributed by atoms with Gasteiger partial charge in [0.05, 0.1) is 0 Å². The lowest BCUT2D eigenvalue weighted by molar-refractivity contribution is 0.150. The number of benzene rings is 1. The SMILES string of the molecule is CCSCCC(C)N1CCNC(Cc2ccccc2)C1. The number of hydrogen-bond donors (Lipinski definition) is 1. The van der Waals surface area contributed by atoms with Crippen LogP contribution >= 0.6 is 11.8 Å². The molecule has 1 aromatic carbocycles. The van der Waals surface area contributed by atoms with Gasteiger partial charge >= 0.3 is 0 Å². The van der Waals surface area contributed by atoms with Gasteiger partial charge in [0.25, 0.3) is 0 Å². The summed E-state index contributed by atoms with van der Waals surface area (Å²) < 4.78 is 0. The Morgan fingerprint density at radius 3 is 2.90 bits per heavy atom. The molecule has 1 aliphatic rings. The van der Waals surface area contributed by atoms with Crippen LogP contribution in [0.2, 0.25) is 0 Å². The van der Waals surface area contributed by atoms with E-state index < -0.39 is 0 Å². The molecule has 20 heavy (non-hydrogen) atoms. The maximum atomic E-state index is 3.67. The summed E-state index contributed by atoms with van der Waals surface area (Å²) in [5, 5.41) is 3.67. The molecule has 1 fully saturated rings. The molecule has 3 heteroatoms. The molecule has 112 valence electrons. The summed E-state index contributed by atoms with van der Waals surface area (Å²) >= 11 is 2.06. The van der Waals surface area contributed by atoms with Crippen molar-refractivity contribution in [1.29, 1.82) is 0 Å². The van der Waals surface area contributed by atoms with E-state index in [1.54, 1.807) is 0 Å². The Morgan fingerprint density at radius 1 is 1.35 bits per heavy atom. The van der Waals surface area contributed by atoms with E-state index in [2.05, 4.69) is 66.2 Å². The van der Waals surface area contributed by atoms with Gasteiger partial charge < -0.3 is 5.32 Å². The van der Waals surface area contributed by atoms with E-state index in [0.717, 1.165) is 19.0 Å². The first-order valence-corrected chi connectivity index (χ1v) is 9.04. The van der Waals surface area contributed by atoms with Gasteiger partial charge in [0.2, 0.25) is 0 Å². The van der Waals surface area contributed by atoms with Crippen LogP contribution in [0.4, 0.5) is 0 Å². The van der Waals surface area contributed by atoms with E-state index in [4.69, 9.17) is 0 Å². The van der Waals surface area contributed by atoms with Crippen molar-refractivity contribution < 1.29 is 0 Å². The van der Waals surface area contributed by atoms with Crippen molar-refractivity contribution in [2.24, 2.45) is 0 Å². The number of piperazine rings is 1. The number of nitrogens with zero attached hydrogens (tertiary/aromatic N) is 1. The lowest BCUT2D eigenvalue weighted by atomic mass is 10.0. The molecule has 0 aliphatic carbocycles. The summed E-state index contributed by atoms with van der Waals surface area (Å²) in [6.07, 6.45) is 2.46. The Bertz CT molecular complexity index is 369. The molecule has 2 unspecified atom stereocenters. The van der Waals surface area contributed by atoms with Crippen LogP contribution in [0, 0.1) is 0 Å². The summed E-state index contributed by atoms with van der Waals surface area (Å²) in [5.41, 5.74) is 1.45. The standard InChI is InChI=1S/C17H28N2S/c1-3-20-12-9-15(2)19-11-10-18-17(14-19)13-16-7-5-4-6-8-16/h4-8,15,17-18H,3,9-14H2,1-2H3. The molecular weight excluding hydrogens is 264 g/mol. The zero-order valence-electron chi connectivity index (χ0n) is 12.8. The second-order valence-corrected chi connectivity index (χ2v) is 7.06. The topological polar surface area (TPSA) is 15.3 Å². The second-order valence-electron chi connectivity index (χ2n) is 5.67. The summed E-state index contributed by atoms with van der Waals surface area (Å²) in [5.74, 6) is 2.54. The van der Waals surface area contributed by atoms with E-state index in [0.29, 0.717) is 6.04 Å². The minimum Gasteiger partial charge on any atom is -0.311 e. The van der Waals surface area contributed by atoms with Gasteiger partial charge in [0.1, 0.15) is 0 Å². The zero-order valence-corrected chi connectivity index (χ0v) is 13.7. The largest absolute Gasteiger partial charge is 0.311 e. The molecule has 0 aromatic heterocycles. The van der Waals surface area contributed by atoms with Crippen LogP contribution in [0.3, 0.4) is 0 Å². The quantitative estimate of drug-likeness (QED) is 0.778. The van der Waals surface area contributed by atoms with Crippen molar-refractivity contribution in [1.82, 2.24) is 10.2 Å². The smallest absolute Gasteiger partial charge is 0.0236 e. The number of rotatable bonds is 7. The van der Waals surface area contributed by atoms with Crippen LogP contribution in [-0.2, 0) is 6.42 Å². The second kappa shape index (κ2) is 8.71. The Labute approximate surface area is 128 Å². The van der Waals surface area contributed by atoms with Gasteiger partial charge in [-0.15, -0.1) is 0 Å². The first-order chi connectivity index (χ1) is 9.79. The zero-order chi connectivity index (χ0) is 14.2. The summed E-state index contributed by atoms with van der Waals surface area (Å²) in [6.45, 7) is 8.15. The van der Waals surface area contributed by atoms with Gasteiger partial charge in [-0.2, -0.15) is 11.8 Å². The molecule has 1 heterocycles. The summed E-state index contributed by atoms with van der Waals surface area (Å²) in [7, 11) is 0. The Balaban J connectivity index is 1.79. The van der Waals surface area contributed by atoms with Gasteiger partial charge in [0, 0.05) is 31.7 Å². The van der Waals surface area contributed by atoms with Crippen LogP contribution in [0.15, 0.2) is 30.3 Å². The van der Waals surface area contributed by atoms with Crippen LogP contribution in [0.1, 0.15) is 25.8 Å². The summed E-state index contributed by atoms with van der Waals surface area (Å²) in [6, 6.07) is 12.2. The third-order valence-corrected chi connectivity index (χ3v) is 5.05. The Hall–Kier alpha value is -0.510. The molecule has 1 aromatic rings. The fraction of sp³-hybridized carbons (Fsp3) is 0.647. The molecule has 1 aliphatic heterocycles. The average Bonchev–Trinajstić information content (AvgIpc) is 2.49. The van der Waals surface area contributed by atoms with E-state index in [-0.39, 0.29) is 0 Å². The number of thioether (sulfide) groups is 1. The Morgan fingerprint density at radius 2 is 2.15 bits per heavy atom. The minimum absolute atomic E-state index is 0.604. The van der Waals surface area contributed by atoms with E-state index in [1.807, 2.05) is 0 Å². The molecule has 0 radical (unpaired) electrons. The van der Waals surface area contributed by atoms with Crippen molar-refractivity contribution in [2.45, 2.75) is 38.8 Å². The maximum absolute atomic E-state index is 3.67. The number of hydrogen-bond acceptors (Lipinski definition) is 3. The molecular formula is C17H28N2S. The fourth-order valence-electron chi connectivity index (χ4n) is 2.87.